The van der Waals surface area contributed by atoms with Crippen LogP contribution >= 0.6 is 0 Å². The van der Waals surface area contributed by atoms with Gasteiger partial charge in [-0.1, -0.05) is 65.8 Å². The van der Waals surface area contributed by atoms with Crippen LogP contribution in [-0.4, -0.2) is 54.3 Å². The van der Waals surface area contributed by atoms with E-state index in [1.807, 2.05) is 36.5 Å². The number of guanidine groups is 1. The van der Waals surface area contributed by atoms with E-state index >= 15 is 0 Å². The predicted molar refractivity (Wildman–Crippen MR) is 188 cm³/mol. The molecule has 0 fully saturated rings. The molecule has 0 radical (unpaired) electrons. The molecule has 12 heteroatoms. The van der Waals surface area contributed by atoms with Crippen molar-refractivity contribution in [1.29, 1.82) is 0 Å². The highest BCUT2D eigenvalue weighted by Gasteiger charge is 2.19. The lowest BCUT2D eigenvalue weighted by Crippen LogP contribution is -2.23. The fourth-order valence-electron chi connectivity index (χ4n) is 4.55. The van der Waals surface area contributed by atoms with Crippen molar-refractivity contribution >= 4 is 26.8 Å². The molecule has 0 unspecified atom stereocenters. The summed E-state index contributed by atoms with van der Waals surface area (Å²) in [5.41, 5.74) is 20.2. The molecule has 8 N–H and O–H groups in total. The quantitative estimate of drug-likeness (QED) is 0.0919. The molecule has 0 saturated heterocycles. The highest BCUT2D eigenvalue weighted by molar-refractivity contribution is 7.91. The number of benzene rings is 2. The van der Waals surface area contributed by atoms with Crippen molar-refractivity contribution in [3.05, 3.63) is 88.1 Å². The van der Waals surface area contributed by atoms with Crippen LogP contribution in [0, 0.1) is 0 Å². The van der Waals surface area contributed by atoms with Crippen molar-refractivity contribution in [2.24, 2.45) is 22.2 Å². The van der Waals surface area contributed by atoms with E-state index in [-0.39, 0.29) is 28.2 Å². The van der Waals surface area contributed by atoms with E-state index in [0.717, 1.165) is 47.4 Å². The Morgan fingerprint density at radius 1 is 0.978 bits per heavy atom. The number of nitrogens with two attached hydrogens (primary N) is 3. The van der Waals surface area contributed by atoms with Crippen molar-refractivity contribution in [1.82, 2.24) is 19.9 Å². The summed E-state index contributed by atoms with van der Waals surface area (Å²) in [6, 6.07) is 17.1. The third-order valence-corrected chi connectivity index (χ3v) is 9.14. The summed E-state index contributed by atoms with van der Waals surface area (Å²) >= 11 is 0. The standard InChI is InChI=1S/C21H29N7O.C13H21NO2S/c1-21(2,3)17-11-15-13-28(20(29)27-18(15)26-17)16-7-5-14(6-8-16)12-24-9-4-10-25-19(22)23;1-13(2,3)11-6-4-7-12(10-11)17(15,16)9-5-8-14/h5-8,11,13,24H,4,9-10,12H2,1-3H3,(H4,22,23,25)(H,26,27,29);4,6-7,10H,5,8-9,14H2,1-3H3. The maximum absolute atomic E-state index is 12.5. The number of hydrogen-bond donors (Lipinski definition) is 5. The maximum Gasteiger partial charge on any atom is 0.354 e. The molecule has 4 aromatic rings. The molecule has 2 aromatic carbocycles. The van der Waals surface area contributed by atoms with Gasteiger partial charge < -0.3 is 27.5 Å². The first-order chi connectivity index (χ1) is 21.5. The van der Waals surface area contributed by atoms with Gasteiger partial charge in [0.25, 0.3) is 0 Å². The first-order valence-electron chi connectivity index (χ1n) is 15.5. The molecular formula is C34H50N8O3S. The molecule has 0 saturated carbocycles. The van der Waals surface area contributed by atoms with Gasteiger partial charge >= 0.3 is 5.69 Å². The Bertz CT molecular complexity index is 1770. The van der Waals surface area contributed by atoms with Gasteiger partial charge in [0, 0.05) is 35.8 Å². The van der Waals surface area contributed by atoms with Crippen LogP contribution in [0.25, 0.3) is 16.7 Å². The number of nitrogens with one attached hydrogen (secondary N) is 2. The second-order valence-electron chi connectivity index (χ2n) is 13.4. The lowest BCUT2D eigenvalue weighted by atomic mass is 9.87. The fourth-order valence-corrected chi connectivity index (χ4v) is 5.92. The zero-order chi connectivity index (χ0) is 34.1. The fraction of sp³-hybridized carbons (Fsp3) is 0.441. The van der Waals surface area contributed by atoms with Crippen LogP contribution in [0.15, 0.2) is 75.5 Å². The SMILES string of the molecule is CC(C)(C)c1cc2cn(-c3ccc(CNCCCN=C(N)N)cc3)c(=O)nc2[nH]1.CC(C)(C)c1cccc(S(=O)(=O)CCCN)c1. The Kier molecular flexibility index (Phi) is 12.3. The van der Waals surface area contributed by atoms with Crippen molar-refractivity contribution in [3.8, 4) is 5.69 Å². The number of nitrogens with zero attached hydrogens (tertiary/aromatic N) is 3. The summed E-state index contributed by atoms with van der Waals surface area (Å²) in [6.45, 7) is 15.1. The van der Waals surface area contributed by atoms with E-state index in [1.54, 1.807) is 22.8 Å². The Balaban J connectivity index is 0.000000289. The number of H-pyrrole nitrogens is 1. The number of rotatable bonds is 11. The van der Waals surface area contributed by atoms with Gasteiger partial charge in [0.2, 0.25) is 0 Å². The summed E-state index contributed by atoms with van der Waals surface area (Å²) in [4.78, 5) is 24.3. The average Bonchev–Trinajstić information content (AvgIpc) is 3.41. The summed E-state index contributed by atoms with van der Waals surface area (Å²) in [7, 11) is -3.19. The number of hydrogen-bond acceptors (Lipinski definition) is 7. The number of sulfone groups is 1. The Hall–Kier alpha value is -4.00. The van der Waals surface area contributed by atoms with Crippen molar-refractivity contribution in [3.63, 3.8) is 0 Å². The van der Waals surface area contributed by atoms with Crippen LogP contribution < -0.4 is 28.2 Å². The van der Waals surface area contributed by atoms with Crippen molar-refractivity contribution < 1.29 is 8.42 Å². The summed E-state index contributed by atoms with van der Waals surface area (Å²) in [5.74, 6) is 0.245. The molecule has 0 aliphatic carbocycles. The molecule has 0 aliphatic rings. The molecule has 0 atom stereocenters. The lowest BCUT2D eigenvalue weighted by molar-refractivity contribution is 0.574. The van der Waals surface area contributed by atoms with Gasteiger partial charge in [0.05, 0.1) is 16.3 Å². The molecule has 2 heterocycles. The number of fused-ring (bicyclic) bond motifs is 1. The molecule has 0 aliphatic heterocycles. The van der Waals surface area contributed by atoms with Crippen LogP contribution in [0.1, 0.15) is 71.2 Å². The normalized spacial score (nSPS) is 12.1. The molecule has 0 amide bonds. The van der Waals surface area contributed by atoms with Crippen LogP contribution in [0.5, 0.6) is 0 Å². The van der Waals surface area contributed by atoms with E-state index in [0.29, 0.717) is 30.1 Å². The summed E-state index contributed by atoms with van der Waals surface area (Å²) in [5, 5.41) is 4.27. The second kappa shape index (κ2) is 15.5. The predicted octanol–water partition coefficient (Wildman–Crippen LogP) is 3.87. The van der Waals surface area contributed by atoms with Crippen molar-refractivity contribution in [2.45, 2.75) is 76.7 Å². The Labute approximate surface area is 272 Å². The minimum Gasteiger partial charge on any atom is -0.370 e. The van der Waals surface area contributed by atoms with E-state index in [9.17, 15) is 13.2 Å². The highest BCUT2D eigenvalue weighted by atomic mass is 32.2. The van der Waals surface area contributed by atoms with Gasteiger partial charge in [-0.15, -0.1) is 0 Å². The van der Waals surface area contributed by atoms with Gasteiger partial charge in [-0.2, -0.15) is 4.98 Å². The molecule has 2 aromatic heterocycles. The summed E-state index contributed by atoms with van der Waals surface area (Å²) < 4.78 is 25.6. The smallest absolute Gasteiger partial charge is 0.354 e. The first kappa shape index (κ1) is 36.5. The highest BCUT2D eigenvalue weighted by Crippen LogP contribution is 2.26. The number of aliphatic imine (C=N–C) groups is 1. The van der Waals surface area contributed by atoms with Gasteiger partial charge in [0.15, 0.2) is 15.8 Å². The first-order valence-corrected chi connectivity index (χ1v) is 17.2. The molecule has 46 heavy (non-hydrogen) atoms. The zero-order valence-corrected chi connectivity index (χ0v) is 28.7. The van der Waals surface area contributed by atoms with E-state index in [4.69, 9.17) is 17.2 Å². The van der Waals surface area contributed by atoms with Gasteiger partial charge in [-0.05, 0) is 72.8 Å². The van der Waals surface area contributed by atoms with Gasteiger partial charge in [-0.3, -0.25) is 9.56 Å². The largest absolute Gasteiger partial charge is 0.370 e. The average molecular weight is 651 g/mol. The molecule has 0 spiro atoms. The number of aromatic amines is 1. The van der Waals surface area contributed by atoms with Crippen molar-refractivity contribution in [2.75, 3.05) is 25.4 Å². The van der Waals surface area contributed by atoms with Gasteiger partial charge in [0.1, 0.15) is 5.65 Å². The lowest BCUT2D eigenvalue weighted by Gasteiger charge is -2.19. The number of aromatic nitrogens is 3. The van der Waals surface area contributed by atoms with Crippen LogP contribution in [0.4, 0.5) is 0 Å². The minimum absolute atomic E-state index is 0.0352. The molecule has 4 rings (SSSR count). The molecule has 0 bridgehead atoms. The zero-order valence-electron chi connectivity index (χ0n) is 27.9. The van der Waals surface area contributed by atoms with E-state index < -0.39 is 9.84 Å². The minimum atomic E-state index is -3.19. The maximum atomic E-state index is 12.5. The summed E-state index contributed by atoms with van der Waals surface area (Å²) in [6.07, 6.45) is 3.21. The Morgan fingerprint density at radius 3 is 2.28 bits per heavy atom. The third kappa shape index (κ3) is 10.5. The van der Waals surface area contributed by atoms with E-state index in [2.05, 4.69) is 67.9 Å². The molecule has 250 valence electrons. The molecule has 11 nitrogen and oxygen atoms in total. The van der Waals surface area contributed by atoms with Crippen LogP contribution in [0.2, 0.25) is 0 Å². The molecular weight excluding hydrogens is 600 g/mol. The third-order valence-electron chi connectivity index (χ3n) is 7.34. The second-order valence-corrected chi connectivity index (χ2v) is 15.5. The van der Waals surface area contributed by atoms with E-state index in [1.165, 1.54) is 0 Å². The Morgan fingerprint density at radius 2 is 1.67 bits per heavy atom. The topological polar surface area (TPSA) is 187 Å². The van der Waals surface area contributed by atoms with Crippen LogP contribution in [0.3, 0.4) is 0 Å². The monoisotopic (exact) mass is 650 g/mol. The van der Waals surface area contributed by atoms with Gasteiger partial charge in [-0.25, -0.2) is 13.2 Å². The van der Waals surface area contributed by atoms with Crippen LogP contribution in [-0.2, 0) is 27.2 Å².